The number of benzene rings is 1. The summed E-state index contributed by atoms with van der Waals surface area (Å²) in [5.74, 6) is 1.03. The van der Waals surface area contributed by atoms with Crippen molar-refractivity contribution in [2.24, 2.45) is 0 Å². The van der Waals surface area contributed by atoms with Gasteiger partial charge in [0.25, 0.3) is 5.89 Å². The minimum absolute atomic E-state index is 0.409. The van der Waals surface area contributed by atoms with Crippen molar-refractivity contribution in [3.05, 3.63) is 29.0 Å². The molecule has 0 amide bonds. The van der Waals surface area contributed by atoms with E-state index in [0.717, 1.165) is 0 Å². The van der Waals surface area contributed by atoms with Crippen LogP contribution in [0.1, 0.15) is 5.82 Å². The van der Waals surface area contributed by atoms with Crippen LogP contribution in [0.4, 0.5) is 5.69 Å². The van der Waals surface area contributed by atoms with Crippen LogP contribution in [-0.4, -0.2) is 29.1 Å². The molecule has 0 bridgehead atoms. The lowest BCUT2D eigenvalue weighted by Crippen LogP contribution is -2.11. The van der Waals surface area contributed by atoms with Crippen molar-refractivity contribution in [3.8, 4) is 11.5 Å². The van der Waals surface area contributed by atoms with Crippen molar-refractivity contribution in [2.45, 2.75) is 6.54 Å². The monoisotopic (exact) mass is 252 g/mol. The predicted octanol–water partition coefficient (Wildman–Crippen LogP) is 2.03. The summed E-state index contributed by atoms with van der Waals surface area (Å²) < 4.78 is 5.16. The van der Waals surface area contributed by atoms with E-state index in [2.05, 4.69) is 10.1 Å². The maximum Gasteiger partial charge on any atom is 0.259 e. The molecule has 0 atom stereocenters. The average Bonchev–Trinajstić information content (AvgIpc) is 2.65. The minimum atomic E-state index is 0.409. The third-order valence-corrected chi connectivity index (χ3v) is 2.46. The zero-order valence-corrected chi connectivity index (χ0v) is 10.4. The number of nitrogen functional groups attached to an aromatic ring is 1. The van der Waals surface area contributed by atoms with Crippen molar-refractivity contribution in [1.82, 2.24) is 15.0 Å². The molecule has 0 spiro atoms. The summed E-state index contributed by atoms with van der Waals surface area (Å²) in [5, 5.41) is 4.38. The molecule has 2 aromatic rings. The van der Waals surface area contributed by atoms with Gasteiger partial charge in [-0.3, -0.25) is 0 Å². The van der Waals surface area contributed by atoms with Crippen molar-refractivity contribution in [3.63, 3.8) is 0 Å². The van der Waals surface area contributed by atoms with Gasteiger partial charge in [0.1, 0.15) is 0 Å². The number of anilines is 1. The number of halogens is 1. The Morgan fingerprint density at radius 3 is 2.82 bits per heavy atom. The maximum absolute atomic E-state index is 6.06. The van der Waals surface area contributed by atoms with E-state index < -0.39 is 0 Å². The lowest BCUT2D eigenvalue weighted by Gasteiger charge is -2.03. The highest BCUT2D eigenvalue weighted by Gasteiger charge is 2.12. The van der Waals surface area contributed by atoms with Gasteiger partial charge < -0.3 is 15.2 Å². The molecule has 5 nitrogen and oxygen atoms in total. The fourth-order valence-corrected chi connectivity index (χ4v) is 1.69. The number of nitrogens with zero attached hydrogens (tertiary/aromatic N) is 3. The van der Waals surface area contributed by atoms with Crippen LogP contribution in [0.3, 0.4) is 0 Å². The molecule has 90 valence electrons. The first kappa shape index (κ1) is 11.9. The second-order valence-corrected chi connectivity index (χ2v) is 4.40. The molecule has 0 aliphatic rings. The number of rotatable bonds is 3. The van der Waals surface area contributed by atoms with Crippen LogP contribution in [-0.2, 0) is 6.54 Å². The molecule has 17 heavy (non-hydrogen) atoms. The van der Waals surface area contributed by atoms with Crippen LogP contribution in [0, 0.1) is 0 Å². The van der Waals surface area contributed by atoms with E-state index in [4.69, 9.17) is 21.9 Å². The Hall–Kier alpha value is -1.59. The Kier molecular flexibility index (Phi) is 3.31. The minimum Gasteiger partial charge on any atom is -0.399 e. The largest absolute Gasteiger partial charge is 0.399 e. The third kappa shape index (κ3) is 2.75. The first-order chi connectivity index (χ1) is 8.06. The summed E-state index contributed by atoms with van der Waals surface area (Å²) in [6.07, 6.45) is 0. The number of nitrogens with two attached hydrogens (primary N) is 1. The maximum atomic E-state index is 6.06. The highest BCUT2D eigenvalue weighted by molar-refractivity contribution is 6.33. The Morgan fingerprint density at radius 1 is 1.41 bits per heavy atom. The van der Waals surface area contributed by atoms with Crippen molar-refractivity contribution in [1.29, 1.82) is 0 Å². The van der Waals surface area contributed by atoms with E-state index in [1.54, 1.807) is 18.2 Å². The summed E-state index contributed by atoms with van der Waals surface area (Å²) in [7, 11) is 3.87. The number of hydrogen-bond donors (Lipinski definition) is 1. The van der Waals surface area contributed by atoms with Gasteiger partial charge in [0.05, 0.1) is 17.1 Å². The predicted molar refractivity (Wildman–Crippen MR) is 66.5 cm³/mol. The summed E-state index contributed by atoms with van der Waals surface area (Å²) in [6, 6.07) is 5.17. The van der Waals surface area contributed by atoms with Crippen LogP contribution >= 0.6 is 11.6 Å². The van der Waals surface area contributed by atoms with E-state index in [1.807, 2.05) is 19.0 Å². The number of aromatic nitrogens is 2. The fourth-order valence-electron chi connectivity index (χ4n) is 1.42. The summed E-state index contributed by atoms with van der Waals surface area (Å²) in [5.41, 5.74) is 6.92. The summed E-state index contributed by atoms with van der Waals surface area (Å²) >= 11 is 6.06. The van der Waals surface area contributed by atoms with E-state index in [1.165, 1.54) is 0 Å². The Labute approximate surface area is 104 Å². The summed E-state index contributed by atoms with van der Waals surface area (Å²) in [6.45, 7) is 0.621. The van der Waals surface area contributed by atoms with Crippen molar-refractivity contribution < 1.29 is 4.52 Å². The first-order valence-electron chi connectivity index (χ1n) is 5.09. The molecule has 0 unspecified atom stereocenters. The summed E-state index contributed by atoms with van der Waals surface area (Å²) in [4.78, 5) is 6.22. The normalized spacial score (nSPS) is 11.1. The standard InChI is InChI=1S/C11H13ClN4O/c1-16(2)6-10-14-11(17-15-10)8-4-3-7(13)5-9(8)12/h3-5H,6,13H2,1-2H3. The van der Waals surface area contributed by atoms with E-state index in [9.17, 15) is 0 Å². The molecule has 2 rings (SSSR count). The molecule has 0 fully saturated rings. The third-order valence-electron chi connectivity index (χ3n) is 2.15. The molecular formula is C11H13ClN4O. The highest BCUT2D eigenvalue weighted by Crippen LogP contribution is 2.28. The van der Waals surface area contributed by atoms with Crippen LogP contribution in [0.2, 0.25) is 5.02 Å². The second-order valence-electron chi connectivity index (χ2n) is 3.99. The molecule has 6 heteroatoms. The molecule has 0 saturated heterocycles. The quantitative estimate of drug-likeness (QED) is 0.847. The smallest absolute Gasteiger partial charge is 0.259 e. The van der Waals surface area contributed by atoms with E-state index in [-0.39, 0.29) is 0 Å². The molecule has 0 saturated carbocycles. The average molecular weight is 253 g/mol. The molecule has 1 aromatic carbocycles. The highest BCUT2D eigenvalue weighted by atomic mass is 35.5. The van der Waals surface area contributed by atoms with Crippen LogP contribution in [0.25, 0.3) is 11.5 Å². The van der Waals surface area contributed by atoms with Crippen molar-refractivity contribution in [2.75, 3.05) is 19.8 Å². The van der Waals surface area contributed by atoms with Gasteiger partial charge in [0.15, 0.2) is 5.82 Å². The van der Waals surface area contributed by atoms with E-state index >= 15 is 0 Å². The molecular weight excluding hydrogens is 240 g/mol. The van der Waals surface area contributed by atoms with Gasteiger partial charge >= 0.3 is 0 Å². The van der Waals surface area contributed by atoms with Gasteiger partial charge in [0.2, 0.25) is 0 Å². The Balaban J connectivity index is 2.30. The van der Waals surface area contributed by atoms with E-state index in [0.29, 0.717) is 34.5 Å². The van der Waals surface area contributed by atoms with Gasteiger partial charge in [-0.25, -0.2) is 0 Å². The van der Waals surface area contributed by atoms with Gasteiger partial charge in [-0.1, -0.05) is 16.8 Å². The topological polar surface area (TPSA) is 68.2 Å². The SMILES string of the molecule is CN(C)Cc1noc(-c2ccc(N)cc2Cl)n1. The molecule has 2 N–H and O–H groups in total. The second kappa shape index (κ2) is 4.73. The zero-order chi connectivity index (χ0) is 12.4. The lowest BCUT2D eigenvalue weighted by atomic mass is 10.2. The van der Waals surface area contributed by atoms with Crippen LogP contribution < -0.4 is 5.73 Å². The van der Waals surface area contributed by atoms with Gasteiger partial charge in [-0.2, -0.15) is 4.98 Å². The first-order valence-corrected chi connectivity index (χ1v) is 5.47. The zero-order valence-electron chi connectivity index (χ0n) is 9.64. The van der Waals surface area contributed by atoms with Crippen LogP contribution in [0.5, 0.6) is 0 Å². The molecule has 1 heterocycles. The van der Waals surface area contributed by atoms with Gasteiger partial charge in [-0.05, 0) is 32.3 Å². The van der Waals surface area contributed by atoms with Crippen molar-refractivity contribution >= 4 is 17.3 Å². The Bertz CT molecular complexity index is 524. The lowest BCUT2D eigenvalue weighted by molar-refractivity contribution is 0.365. The van der Waals surface area contributed by atoms with Crippen LogP contribution in [0.15, 0.2) is 22.7 Å². The molecule has 0 radical (unpaired) electrons. The Morgan fingerprint density at radius 2 is 2.18 bits per heavy atom. The number of hydrogen-bond acceptors (Lipinski definition) is 5. The molecule has 0 aliphatic carbocycles. The van der Waals surface area contributed by atoms with Gasteiger partial charge in [0, 0.05) is 5.69 Å². The fraction of sp³-hybridized carbons (Fsp3) is 0.273. The molecule has 1 aromatic heterocycles. The molecule has 0 aliphatic heterocycles. The van der Waals surface area contributed by atoms with Gasteiger partial charge in [-0.15, -0.1) is 0 Å².